The molecular weight excluding hydrogens is 619 g/mol. The van der Waals surface area contributed by atoms with E-state index in [0.29, 0.717) is 0 Å². The van der Waals surface area contributed by atoms with E-state index in [1.54, 1.807) is 35.3 Å². The summed E-state index contributed by atoms with van der Waals surface area (Å²) in [6.45, 7) is 5.50. The molecule has 45 heavy (non-hydrogen) atoms. The van der Waals surface area contributed by atoms with Gasteiger partial charge in [0, 0.05) is 64.6 Å². The first-order chi connectivity index (χ1) is 22.0. The Kier molecular flexibility index (Phi) is 12.8. The van der Waals surface area contributed by atoms with Gasteiger partial charge in [0.2, 0.25) is 0 Å². The summed E-state index contributed by atoms with van der Waals surface area (Å²) in [5.74, 6) is 1.000. The van der Waals surface area contributed by atoms with Crippen LogP contribution in [-0.4, -0.2) is 79.2 Å². The normalized spacial score (nSPS) is 17.0. The lowest BCUT2D eigenvalue weighted by Crippen LogP contribution is -2.52. The van der Waals surface area contributed by atoms with Crippen molar-refractivity contribution in [2.75, 3.05) is 52.1 Å². The fourth-order valence-electron chi connectivity index (χ4n) is 4.72. The van der Waals surface area contributed by atoms with Gasteiger partial charge < -0.3 is 15.5 Å². The van der Waals surface area contributed by atoms with Gasteiger partial charge in [0.25, 0.3) is 11.8 Å². The Morgan fingerprint density at radius 2 is 1.22 bits per heavy atom. The Morgan fingerprint density at radius 3 is 1.76 bits per heavy atom. The number of likely N-dealkylation sites (N-methyl/N-ethyl adjacent to an activating group) is 1. The lowest BCUT2D eigenvalue weighted by molar-refractivity contribution is 0.0659. The molecular formula is C35H39N5O2S3. The topological polar surface area (TPSA) is 76.7 Å². The Balaban J connectivity index is 0.000000178. The zero-order chi connectivity index (χ0) is 31.3. The van der Waals surface area contributed by atoms with E-state index in [9.17, 15) is 9.59 Å². The third-order valence-electron chi connectivity index (χ3n) is 7.19. The zero-order valence-corrected chi connectivity index (χ0v) is 27.8. The van der Waals surface area contributed by atoms with Crippen LogP contribution in [0.5, 0.6) is 0 Å². The molecule has 2 aliphatic rings. The number of amides is 2. The van der Waals surface area contributed by atoms with E-state index in [1.165, 1.54) is 0 Å². The molecule has 2 aliphatic heterocycles. The number of rotatable bonds is 8. The Labute approximate surface area is 278 Å². The number of carbonyl (C=O) groups is 2. The molecule has 2 fully saturated rings. The summed E-state index contributed by atoms with van der Waals surface area (Å²) >= 11 is 5.03. The monoisotopic (exact) mass is 657 g/mol. The van der Waals surface area contributed by atoms with Gasteiger partial charge in [-0.2, -0.15) is 0 Å². The van der Waals surface area contributed by atoms with Crippen LogP contribution in [0.3, 0.4) is 0 Å². The molecule has 10 heteroatoms. The Hall–Kier alpha value is -3.25. The van der Waals surface area contributed by atoms with Crippen molar-refractivity contribution in [2.45, 2.75) is 25.0 Å². The molecule has 0 radical (unpaired) electrons. The van der Waals surface area contributed by atoms with Crippen LogP contribution in [0.15, 0.2) is 129 Å². The van der Waals surface area contributed by atoms with E-state index in [4.69, 9.17) is 0 Å². The average Bonchev–Trinajstić information content (AvgIpc) is 3.08. The van der Waals surface area contributed by atoms with Gasteiger partial charge in [-0.25, -0.2) is 5.01 Å². The fourth-order valence-corrected chi connectivity index (χ4v) is 7.62. The number of benzene rings is 4. The van der Waals surface area contributed by atoms with Crippen molar-refractivity contribution in [1.82, 2.24) is 26.0 Å². The van der Waals surface area contributed by atoms with Gasteiger partial charge in [-0.15, -0.1) is 11.8 Å². The summed E-state index contributed by atoms with van der Waals surface area (Å²) in [7, 11) is 2.10. The van der Waals surface area contributed by atoms with Gasteiger partial charge in [-0.1, -0.05) is 84.2 Å². The number of nitrogens with one attached hydrogen (secondary N) is 3. The lowest BCUT2D eigenvalue weighted by atomic mass is 10.2. The van der Waals surface area contributed by atoms with Crippen molar-refractivity contribution in [3.8, 4) is 0 Å². The number of hydrogen-bond donors (Lipinski definition) is 3. The number of thioether (sulfide) groups is 1. The van der Waals surface area contributed by atoms with Crippen molar-refractivity contribution in [3.63, 3.8) is 0 Å². The van der Waals surface area contributed by atoms with Gasteiger partial charge in [-0.05, 0) is 55.6 Å². The first-order valence-electron chi connectivity index (χ1n) is 15.1. The second kappa shape index (κ2) is 17.4. The van der Waals surface area contributed by atoms with E-state index in [-0.39, 0.29) is 17.2 Å². The van der Waals surface area contributed by atoms with E-state index < -0.39 is 0 Å². The molecule has 0 aromatic heterocycles. The summed E-state index contributed by atoms with van der Waals surface area (Å²) < 4.78 is 0. The van der Waals surface area contributed by atoms with Gasteiger partial charge in [-0.3, -0.25) is 15.0 Å². The highest BCUT2D eigenvalue weighted by atomic mass is 32.2. The number of carbonyl (C=O) groups excluding carboxylic acids is 2. The van der Waals surface area contributed by atoms with Crippen molar-refractivity contribution in [3.05, 3.63) is 120 Å². The molecule has 2 saturated heterocycles. The van der Waals surface area contributed by atoms with Crippen LogP contribution in [0.2, 0.25) is 0 Å². The lowest BCUT2D eigenvalue weighted by Gasteiger charge is -2.32. The molecule has 6 rings (SSSR count). The predicted octanol–water partition coefficient (Wildman–Crippen LogP) is 5.96. The number of nitrogens with zero attached hydrogens (tertiary/aromatic N) is 2. The molecule has 4 aromatic carbocycles. The maximum atomic E-state index is 12.6. The van der Waals surface area contributed by atoms with Crippen LogP contribution in [0.25, 0.3) is 0 Å². The summed E-state index contributed by atoms with van der Waals surface area (Å²) in [6.07, 6.45) is 0. The smallest absolute Gasteiger partial charge is 0.266 e. The summed E-state index contributed by atoms with van der Waals surface area (Å²) in [4.78, 5) is 31.7. The van der Waals surface area contributed by atoms with Crippen molar-refractivity contribution in [1.29, 1.82) is 0 Å². The van der Waals surface area contributed by atoms with E-state index in [0.717, 1.165) is 75.7 Å². The quantitative estimate of drug-likeness (QED) is 0.215. The van der Waals surface area contributed by atoms with Crippen molar-refractivity contribution in [2.24, 2.45) is 0 Å². The molecule has 2 amide bonds. The van der Waals surface area contributed by atoms with Crippen molar-refractivity contribution >= 4 is 47.1 Å². The highest BCUT2D eigenvalue weighted by Crippen LogP contribution is 2.31. The minimum atomic E-state index is -0.0337. The Bertz CT molecular complexity index is 1510. The maximum Gasteiger partial charge on any atom is 0.266 e. The number of piperazine rings is 1. The van der Waals surface area contributed by atoms with Crippen LogP contribution in [-0.2, 0) is 0 Å². The SMILES string of the molecule is CN1CCN(NC(=O)c2ccccc2Sc2ccccc2)CC1.O=C(NC1CNCCS1)c1ccccc1Sc1ccccc1. The standard InChI is InChI=1S/C18H21N3OS.C17H18N2OS2/c1-20-11-13-21(14-12-20)19-18(22)16-9-5-6-10-17(16)23-15-7-3-2-4-8-15;20-17(19-16-12-18-10-11-21-16)14-8-4-5-9-15(14)22-13-6-2-1-3-7-13/h2-10H,11-14H2,1H3,(H,19,22);1-9,16,18H,10-12H2,(H,19,20). The van der Waals surface area contributed by atoms with E-state index in [2.05, 4.69) is 52.3 Å². The van der Waals surface area contributed by atoms with Crippen LogP contribution in [0.1, 0.15) is 20.7 Å². The first kappa shape index (κ1) is 33.1. The number of hydrazine groups is 1. The van der Waals surface area contributed by atoms with Gasteiger partial charge in [0.15, 0.2) is 0 Å². The van der Waals surface area contributed by atoms with Gasteiger partial charge in [0.05, 0.1) is 16.5 Å². The fraction of sp³-hybridized carbons (Fsp3) is 0.257. The summed E-state index contributed by atoms with van der Waals surface area (Å²) in [5.41, 5.74) is 4.50. The zero-order valence-electron chi connectivity index (χ0n) is 25.4. The molecule has 234 valence electrons. The minimum absolute atomic E-state index is 0.000214. The molecule has 3 N–H and O–H groups in total. The molecule has 0 spiro atoms. The van der Waals surface area contributed by atoms with Crippen LogP contribution in [0.4, 0.5) is 0 Å². The largest absolute Gasteiger partial charge is 0.339 e. The Morgan fingerprint density at radius 1 is 0.711 bits per heavy atom. The third-order valence-corrected chi connectivity index (χ3v) is 10.5. The minimum Gasteiger partial charge on any atom is -0.339 e. The average molecular weight is 658 g/mol. The second-order valence-corrected chi connectivity index (χ2v) is 14.1. The maximum absolute atomic E-state index is 12.6. The van der Waals surface area contributed by atoms with Crippen LogP contribution < -0.4 is 16.1 Å². The van der Waals surface area contributed by atoms with E-state index >= 15 is 0 Å². The van der Waals surface area contributed by atoms with Gasteiger partial charge in [0.1, 0.15) is 0 Å². The van der Waals surface area contributed by atoms with Gasteiger partial charge >= 0.3 is 0 Å². The molecule has 7 nitrogen and oxygen atoms in total. The molecule has 0 saturated carbocycles. The number of hydrogen-bond acceptors (Lipinski definition) is 8. The van der Waals surface area contributed by atoms with Crippen LogP contribution in [0, 0.1) is 0 Å². The van der Waals surface area contributed by atoms with E-state index in [1.807, 2.05) is 89.9 Å². The molecule has 1 unspecified atom stereocenters. The van der Waals surface area contributed by atoms with Crippen molar-refractivity contribution < 1.29 is 9.59 Å². The summed E-state index contributed by atoms with van der Waals surface area (Å²) in [5, 5.41) is 8.57. The molecule has 0 bridgehead atoms. The van der Waals surface area contributed by atoms with Crippen LogP contribution >= 0.6 is 35.3 Å². The highest BCUT2D eigenvalue weighted by Gasteiger charge is 2.20. The predicted molar refractivity (Wildman–Crippen MR) is 187 cm³/mol. The molecule has 0 aliphatic carbocycles. The highest BCUT2D eigenvalue weighted by molar-refractivity contribution is 8.00. The molecule has 4 aromatic rings. The second-order valence-electron chi connectivity index (χ2n) is 10.6. The molecule has 1 atom stereocenters. The first-order valence-corrected chi connectivity index (χ1v) is 17.7. The summed E-state index contributed by atoms with van der Waals surface area (Å²) in [6, 6.07) is 35.8. The molecule has 2 heterocycles. The third kappa shape index (κ3) is 10.4.